The third-order valence-corrected chi connectivity index (χ3v) is 3.96. The first-order chi connectivity index (χ1) is 5.77. The minimum Gasteiger partial charge on any atom is -0.374 e. The Morgan fingerprint density at radius 3 is 3.17 bits per heavy atom. The van der Waals surface area contributed by atoms with E-state index in [2.05, 4.69) is 13.8 Å². The van der Waals surface area contributed by atoms with E-state index in [1.807, 2.05) is 0 Å². The molecule has 3 unspecified atom stereocenters. The summed E-state index contributed by atoms with van der Waals surface area (Å²) >= 11 is 0. The highest BCUT2D eigenvalue weighted by atomic mass is 16.5. The Kier molecular flexibility index (Phi) is 2.16. The van der Waals surface area contributed by atoms with E-state index in [0.717, 1.165) is 18.4 Å². The van der Waals surface area contributed by atoms with Crippen molar-refractivity contribution in [1.29, 1.82) is 0 Å². The Morgan fingerprint density at radius 2 is 2.42 bits per heavy atom. The molecule has 1 aliphatic carbocycles. The van der Waals surface area contributed by atoms with Crippen molar-refractivity contribution in [2.45, 2.75) is 51.6 Å². The first-order valence-corrected chi connectivity index (χ1v) is 5.41. The first-order valence-electron chi connectivity index (χ1n) is 5.41. The number of rotatable bonds is 2. The summed E-state index contributed by atoms with van der Waals surface area (Å²) in [4.78, 5) is 0. The van der Waals surface area contributed by atoms with Crippen LogP contribution in [0.1, 0.15) is 46.0 Å². The third-order valence-electron chi connectivity index (χ3n) is 3.96. The molecule has 2 aliphatic rings. The topological polar surface area (TPSA) is 9.23 Å². The molecule has 1 saturated heterocycles. The molecule has 1 saturated carbocycles. The lowest BCUT2D eigenvalue weighted by molar-refractivity contribution is -0.0458. The zero-order chi connectivity index (χ0) is 8.60. The van der Waals surface area contributed by atoms with Gasteiger partial charge in [-0.15, -0.1) is 0 Å². The molecule has 0 aromatic rings. The Hall–Kier alpha value is -0.0400. The van der Waals surface area contributed by atoms with Crippen molar-refractivity contribution in [3.05, 3.63) is 0 Å². The van der Waals surface area contributed by atoms with Crippen molar-refractivity contribution in [2.75, 3.05) is 6.61 Å². The molecular weight excluding hydrogens is 148 g/mol. The van der Waals surface area contributed by atoms with Crippen LogP contribution in [0.5, 0.6) is 0 Å². The van der Waals surface area contributed by atoms with E-state index in [4.69, 9.17) is 4.74 Å². The largest absolute Gasteiger partial charge is 0.374 e. The van der Waals surface area contributed by atoms with Crippen LogP contribution in [0.4, 0.5) is 0 Å². The number of hydrogen-bond acceptors (Lipinski definition) is 1. The maximum absolute atomic E-state index is 6.02. The molecule has 0 spiro atoms. The van der Waals surface area contributed by atoms with Gasteiger partial charge in [0.1, 0.15) is 0 Å². The van der Waals surface area contributed by atoms with Crippen LogP contribution < -0.4 is 0 Å². The fourth-order valence-electron chi connectivity index (χ4n) is 2.90. The molecule has 1 heterocycles. The average Bonchev–Trinajstić information content (AvgIpc) is 2.42. The number of ether oxygens (including phenoxy) is 1. The Balaban J connectivity index is 2.09. The van der Waals surface area contributed by atoms with Crippen LogP contribution in [0.15, 0.2) is 0 Å². The maximum Gasteiger partial charge on any atom is 0.0711 e. The number of hydrogen-bond donors (Lipinski definition) is 0. The predicted octanol–water partition coefficient (Wildman–Crippen LogP) is 2.99. The fraction of sp³-hybridized carbons (Fsp3) is 1.00. The van der Waals surface area contributed by atoms with Crippen molar-refractivity contribution in [1.82, 2.24) is 0 Å². The molecular formula is C11H20O. The summed E-state index contributed by atoms with van der Waals surface area (Å²) in [5.41, 5.74) is 0.303. The second-order valence-electron chi connectivity index (χ2n) is 4.65. The van der Waals surface area contributed by atoms with Gasteiger partial charge in [0.15, 0.2) is 0 Å². The van der Waals surface area contributed by atoms with Crippen molar-refractivity contribution < 1.29 is 4.74 Å². The molecule has 2 rings (SSSR count). The predicted molar refractivity (Wildman–Crippen MR) is 50.1 cm³/mol. The van der Waals surface area contributed by atoms with Crippen molar-refractivity contribution in [3.63, 3.8) is 0 Å². The van der Waals surface area contributed by atoms with Crippen molar-refractivity contribution in [2.24, 2.45) is 11.8 Å². The van der Waals surface area contributed by atoms with E-state index in [9.17, 15) is 0 Å². The van der Waals surface area contributed by atoms with Gasteiger partial charge < -0.3 is 4.74 Å². The highest BCUT2D eigenvalue weighted by Gasteiger charge is 2.45. The molecule has 1 nitrogen and oxygen atoms in total. The van der Waals surface area contributed by atoms with Crippen LogP contribution in [0.3, 0.4) is 0 Å². The number of fused-ring (bicyclic) bond motifs is 2. The second-order valence-corrected chi connectivity index (χ2v) is 4.65. The van der Waals surface area contributed by atoms with Crippen LogP contribution in [0.2, 0.25) is 0 Å². The zero-order valence-electron chi connectivity index (χ0n) is 8.31. The molecule has 0 N–H and O–H groups in total. The lowest BCUT2D eigenvalue weighted by atomic mass is 9.73. The molecule has 0 aromatic heterocycles. The highest BCUT2D eigenvalue weighted by Crippen LogP contribution is 2.46. The minimum atomic E-state index is 0.303. The average molecular weight is 168 g/mol. The first kappa shape index (κ1) is 8.55. The summed E-state index contributed by atoms with van der Waals surface area (Å²) < 4.78 is 6.02. The molecule has 0 aromatic carbocycles. The standard InChI is InChI=1S/C11H20O/c1-3-9(2)11-6-4-5-10(7-11)8-12-11/h9-10H,3-8H2,1-2H3. The molecule has 1 heteroatoms. The summed E-state index contributed by atoms with van der Waals surface area (Å²) in [6, 6.07) is 0. The van der Waals surface area contributed by atoms with Gasteiger partial charge in [0.2, 0.25) is 0 Å². The molecule has 2 bridgehead atoms. The molecule has 0 amide bonds. The van der Waals surface area contributed by atoms with Crippen LogP contribution in [-0.2, 0) is 4.74 Å². The van der Waals surface area contributed by atoms with Crippen LogP contribution in [-0.4, -0.2) is 12.2 Å². The van der Waals surface area contributed by atoms with Gasteiger partial charge in [-0.2, -0.15) is 0 Å². The molecule has 1 aliphatic heterocycles. The summed E-state index contributed by atoms with van der Waals surface area (Å²) in [7, 11) is 0. The Bertz CT molecular complexity index is 162. The van der Waals surface area contributed by atoms with E-state index in [-0.39, 0.29) is 0 Å². The maximum atomic E-state index is 6.02. The molecule has 3 atom stereocenters. The monoisotopic (exact) mass is 168 g/mol. The van der Waals surface area contributed by atoms with Crippen LogP contribution >= 0.6 is 0 Å². The lowest BCUT2D eigenvalue weighted by Gasteiger charge is -2.36. The molecule has 2 fully saturated rings. The second kappa shape index (κ2) is 3.02. The lowest BCUT2D eigenvalue weighted by Crippen LogP contribution is -2.37. The van der Waals surface area contributed by atoms with E-state index in [1.54, 1.807) is 0 Å². The van der Waals surface area contributed by atoms with Gasteiger partial charge in [-0.05, 0) is 31.1 Å². The quantitative estimate of drug-likeness (QED) is 0.616. The van der Waals surface area contributed by atoms with Gasteiger partial charge in [0, 0.05) is 0 Å². The smallest absolute Gasteiger partial charge is 0.0711 e. The molecule has 12 heavy (non-hydrogen) atoms. The van der Waals surface area contributed by atoms with E-state index >= 15 is 0 Å². The van der Waals surface area contributed by atoms with E-state index in [1.165, 1.54) is 32.1 Å². The molecule has 70 valence electrons. The van der Waals surface area contributed by atoms with Crippen molar-refractivity contribution in [3.8, 4) is 0 Å². The van der Waals surface area contributed by atoms with Gasteiger partial charge >= 0.3 is 0 Å². The minimum absolute atomic E-state index is 0.303. The van der Waals surface area contributed by atoms with Gasteiger partial charge in [-0.1, -0.05) is 26.7 Å². The van der Waals surface area contributed by atoms with Crippen LogP contribution in [0.25, 0.3) is 0 Å². The third kappa shape index (κ3) is 1.19. The molecule has 0 radical (unpaired) electrons. The van der Waals surface area contributed by atoms with Gasteiger partial charge in [-0.25, -0.2) is 0 Å². The normalized spacial score (nSPS) is 43.0. The zero-order valence-corrected chi connectivity index (χ0v) is 8.31. The van der Waals surface area contributed by atoms with Crippen molar-refractivity contribution >= 4 is 0 Å². The van der Waals surface area contributed by atoms with Gasteiger partial charge in [0.05, 0.1) is 12.2 Å². The highest BCUT2D eigenvalue weighted by molar-refractivity contribution is 4.96. The Labute approximate surface area is 75.5 Å². The summed E-state index contributed by atoms with van der Waals surface area (Å²) in [6.07, 6.45) is 6.75. The summed E-state index contributed by atoms with van der Waals surface area (Å²) in [5.74, 6) is 1.66. The SMILES string of the molecule is CCC(C)C12CCCC(CO1)C2. The van der Waals surface area contributed by atoms with E-state index in [0.29, 0.717) is 5.60 Å². The summed E-state index contributed by atoms with van der Waals surface area (Å²) in [6.45, 7) is 5.68. The summed E-state index contributed by atoms with van der Waals surface area (Å²) in [5, 5.41) is 0. The Morgan fingerprint density at radius 1 is 1.58 bits per heavy atom. The van der Waals surface area contributed by atoms with Crippen LogP contribution in [0, 0.1) is 11.8 Å². The van der Waals surface area contributed by atoms with Gasteiger partial charge in [0.25, 0.3) is 0 Å². The van der Waals surface area contributed by atoms with E-state index < -0.39 is 0 Å². The fourth-order valence-corrected chi connectivity index (χ4v) is 2.90. The van der Waals surface area contributed by atoms with Gasteiger partial charge in [-0.3, -0.25) is 0 Å².